The molecular weight excluding hydrogens is 254 g/mol. The van der Waals surface area contributed by atoms with Gasteiger partial charge in [0.15, 0.2) is 0 Å². The average Bonchev–Trinajstić information content (AvgIpc) is 2.81. The summed E-state index contributed by atoms with van der Waals surface area (Å²) >= 11 is 0. The van der Waals surface area contributed by atoms with Crippen molar-refractivity contribution in [3.05, 3.63) is 23.2 Å². The van der Waals surface area contributed by atoms with E-state index in [1.807, 2.05) is 13.0 Å². The molecule has 112 valence electrons. The zero-order valence-electron chi connectivity index (χ0n) is 12.9. The Balaban J connectivity index is 1.95. The van der Waals surface area contributed by atoms with Crippen molar-refractivity contribution in [3.8, 4) is 0 Å². The summed E-state index contributed by atoms with van der Waals surface area (Å²) in [6.07, 6.45) is 3.83. The van der Waals surface area contributed by atoms with Gasteiger partial charge in [0.2, 0.25) is 5.76 Å². The van der Waals surface area contributed by atoms with Crippen LogP contribution in [0.5, 0.6) is 0 Å². The predicted octanol–water partition coefficient (Wildman–Crippen LogP) is 3.29. The van der Waals surface area contributed by atoms with Gasteiger partial charge in [-0.2, -0.15) is 0 Å². The molecule has 4 nitrogen and oxygen atoms in total. The summed E-state index contributed by atoms with van der Waals surface area (Å²) in [6, 6.07) is 2.45. The van der Waals surface area contributed by atoms with E-state index in [0.717, 1.165) is 17.2 Å². The van der Waals surface area contributed by atoms with E-state index in [1.54, 1.807) is 0 Å². The Morgan fingerprint density at radius 1 is 1.45 bits per heavy atom. The summed E-state index contributed by atoms with van der Waals surface area (Å²) in [5.41, 5.74) is 0.832. The fraction of sp³-hybridized carbons (Fsp3) is 0.688. The molecule has 0 aromatic carbocycles. The second-order valence-corrected chi connectivity index (χ2v) is 5.97. The number of methoxy groups -OCH3 is 1. The number of nitrogens with one attached hydrogen (secondary N) is 1. The first-order chi connectivity index (χ1) is 9.52. The number of hydrogen-bond acceptors (Lipinski definition) is 4. The van der Waals surface area contributed by atoms with Crippen LogP contribution in [0.15, 0.2) is 10.5 Å². The summed E-state index contributed by atoms with van der Waals surface area (Å²) in [5.74, 6) is 2.15. The van der Waals surface area contributed by atoms with Crippen molar-refractivity contribution in [2.45, 2.75) is 52.6 Å². The van der Waals surface area contributed by atoms with Gasteiger partial charge in [-0.3, -0.25) is 0 Å². The maximum atomic E-state index is 11.5. The Kier molecular flexibility index (Phi) is 4.86. The van der Waals surface area contributed by atoms with E-state index in [9.17, 15) is 4.79 Å². The molecule has 3 atom stereocenters. The minimum absolute atomic E-state index is 0.314. The number of esters is 1. The Bertz CT molecular complexity index is 466. The van der Waals surface area contributed by atoms with Gasteiger partial charge in [-0.25, -0.2) is 4.79 Å². The van der Waals surface area contributed by atoms with Crippen LogP contribution in [0.4, 0.5) is 0 Å². The van der Waals surface area contributed by atoms with Crippen LogP contribution in [0.1, 0.15) is 55.0 Å². The van der Waals surface area contributed by atoms with E-state index >= 15 is 0 Å². The van der Waals surface area contributed by atoms with Crippen molar-refractivity contribution in [2.24, 2.45) is 11.8 Å². The first-order valence-corrected chi connectivity index (χ1v) is 7.44. The molecule has 2 rings (SSSR count). The van der Waals surface area contributed by atoms with Gasteiger partial charge in [-0.15, -0.1) is 0 Å². The summed E-state index contributed by atoms with van der Waals surface area (Å²) in [5, 5.41) is 3.57. The van der Waals surface area contributed by atoms with Gasteiger partial charge in [0, 0.05) is 11.6 Å². The standard InChI is InChI=1S/C16H25NO3/c1-10-6-5-7-14(12(10)3)17-9-13-8-11(2)15(20-13)16(18)19-4/h8,10,12,14,17H,5-7,9H2,1-4H3. The van der Waals surface area contributed by atoms with E-state index in [2.05, 4.69) is 19.2 Å². The summed E-state index contributed by atoms with van der Waals surface area (Å²) in [7, 11) is 1.37. The largest absolute Gasteiger partial charge is 0.463 e. The van der Waals surface area contributed by atoms with Crippen LogP contribution in [0, 0.1) is 18.8 Å². The predicted molar refractivity (Wildman–Crippen MR) is 77.6 cm³/mol. The topological polar surface area (TPSA) is 51.5 Å². The monoisotopic (exact) mass is 279 g/mol. The van der Waals surface area contributed by atoms with Crippen molar-refractivity contribution < 1.29 is 13.9 Å². The molecule has 0 spiro atoms. The Morgan fingerprint density at radius 3 is 2.90 bits per heavy atom. The SMILES string of the molecule is COC(=O)c1oc(CNC2CCCC(C)C2C)cc1C. The van der Waals surface area contributed by atoms with Gasteiger partial charge >= 0.3 is 5.97 Å². The Hall–Kier alpha value is -1.29. The number of carbonyl (C=O) groups is 1. The molecule has 20 heavy (non-hydrogen) atoms. The quantitative estimate of drug-likeness (QED) is 0.859. The number of rotatable bonds is 4. The molecule has 1 aromatic heterocycles. The molecule has 0 bridgehead atoms. The zero-order valence-corrected chi connectivity index (χ0v) is 12.9. The molecule has 1 aromatic rings. The molecule has 1 heterocycles. The van der Waals surface area contributed by atoms with Crippen LogP contribution in [0.2, 0.25) is 0 Å². The minimum Gasteiger partial charge on any atom is -0.463 e. The highest BCUT2D eigenvalue weighted by atomic mass is 16.5. The zero-order chi connectivity index (χ0) is 14.7. The Morgan fingerprint density at radius 2 is 2.20 bits per heavy atom. The molecule has 4 heteroatoms. The average molecular weight is 279 g/mol. The van der Waals surface area contributed by atoms with Crippen LogP contribution in [-0.2, 0) is 11.3 Å². The third-order valence-electron chi connectivity index (χ3n) is 4.58. The van der Waals surface area contributed by atoms with Gasteiger partial charge in [0.05, 0.1) is 13.7 Å². The van der Waals surface area contributed by atoms with Crippen LogP contribution >= 0.6 is 0 Å². The molecule has 0 aliphatic heterocycles. The fourth-order valence-electron chi connectivity index (χ4n) is 3.03. The van der Waals surface area contributed by atoms with Crippen LogP contribution in [-0.4, -0.2) is 19.1 Å². The maximum Gasteiger partial charge on any atom is 0.374 e. The number of ether oxygens (including phenoxy) is 1. The van der Waals surface area contributed by atoms with Gasteiger partial charge in [-0.05, 0) is 31.2 Å². The summed E-state index contributed by atoms with van der Waals surface area (Å²) in [6.45, 7) is 7.17. The molecule has 0 radical (unpaired) electrons. The highest BCUT2D eigenvalue weighted by Gasteiger charge is 2.27. The second-order valence-electron chi connectivity index (χ2n) is 5.97. The summed E-state index contributed by atoms with van der Waals surface area (Å²) in [4.78, 5) is 11.5. The summed E-state index contributed by atoms with van der Waals surface area (Å²) < 4.78 is 10.3. The maximum absolute atomic E-state index is 11.5. The minimum atomic E-state index is -0.409. The first kappa shape index (κ1) is 15.1. The number of furan rings is 1. The normalized spacial score (nSPS) is 26.5. The lowest BCUT2D eigenvalue weighted by atomic mass is 9.78. The van der Waals surface area contributed by atoms with E-state index in [1.165, 1.54) is 26.4 Å². The lowest BCUT2D eigenvalue weighted by Gasteiger charge is -2.34. The van der Waals surface area contributed by atoms with Crippen molar-refractivity contribution >= 4 is 5.97 Å². The molecule has 0 amide bonds. The molecule has 0 saturated heterocycles. The van der Waals surface area contributed by atoms with Gasteiger partial charge in [-0.1, -0.05) is 26.7 Å². The lowest BCUT2D eigenvalue weighted by Crippen LogP contribution is -2.40. The van der Waals surface area contributed by atoms with E-state index in [0.29, 0.717) is 24.3 Å². The van der Waals surface area contributed by atoms with E-state index < -0.39 is 5.97 Å². The second kappa shape index (κ2) is 6.44. The van der Waals surface area contributed by atoms with Crippen molar-refractivity contribution in [1.82, 2.24) is 5.32 Å². The Labute approximate surface area is 120 Å². The highest BCUT2D eigenvalue weighted by Crippen LogP contribution is 2.29. The van der Waals surface area contributed by atoms with Crippen molar-refractivity contribution in [2.75, 3.05) is 7.11 Å². The molecule has 3 unspecified atom stereocenters. The van der Waals surface area contributed by atoms with Crippen LogP contribution in [0.3, 0.4) is 0 Å². The first-order valence-electron chi connectivity index (χ1n) is 7.44. The van der Waals surface area contributed by atoms with Crippen molar-refractivity contribution in [1.29, 1.82) is 0 Å². The smallest absolute Gasteiger partial charge is 0.374 e. The number of aryl methyl sites for hydroxylation is 1. The van der Waals surface area contributed by atoms with Gasteiger partial charge in [0.1, 0.15) is 5.76 Å². The molecule has 1 fully saturated rings. The third-order valence-corrected chi connectivity index (χ3v) is 4.58. The third kappa shape index (κ3) is 3.23. The van der Waals surface area contributed by atoms with Crippen molar-refractivity contribution in [3.63, 3.8) is 0 Å². The molecule has 1 saturated carbocycles. The molecule has 1 aliphatic rings. The number of carbonyl (C=O) groups excluding carboxylic acids is 1. The van der Waals surface area contributed by atoms with Crippen LogP contribution in [0.25, 0.3) is 0 Å². The molecule has 1 aliphatic carbocycles. The number of hydrogen-bond donors (Lipinski definition) is 1. The molecule has 1 N–H and O–H groups in total. The lowest BCUT2D eigenvalue weighted by molar-refractivity contribution is 0.0561. The van der Waals surface area contributed by atoms with Crippen LogP contribution < -0.4 is 5.32 Å². The fourth-order valence-corrected chi connectivity index (χ4v) is 3.03. The highest BCUT2D eigenvalue weighted by molar-refractivity contribution is 5.87. The van der Waals surface area contributed by atoms with Gasteiger partial charge in [0.25, 0.3) is 0 Å². The van der Waals surface area contributed by atoms with E-state index in [4.69, 9.17) is 9.15 Å². The molecular formula is C16H25NO3. The van der Waals surface area contributed by atoms with Gasteiger partial charge < -0.3 is 14.5 Å². The van der Waals surface area contributed by atoms with E-state index in [-0.39, 0.29) is 0 Å².